The van der Waals surface area contributed by atoms with Crippen LogP contribution in [0.2, 0.25) is 5.02 Å². The lowest BCUT2D eigenvalue weighted by Crippen LogP contribution is -2.01. The van der Waals surface area contributed by atoms with Crippen LogP contribution in [0.25, 0.3) is 16.9 Å². The first-order valence-corrected chi connectivity index (χ1v) is 8.36. The molecular weight excluding hydrogens is 334 g/mol. The van der Waals surface area contributed by atoms with E-state index < -0.39 is 0 Å². The summed E-state index contributed by atoms with van der Waals surface area (Å²) in [6, 6.07) is 19.5. The molecule has 2 aromatic heterocycles. The van der Waals surface area contributed by atoms with Gasteiger partial charge in [-0.3, -0.25) is 0 Å². The van der Waals surface area contributed by atoms with Crippen molar-refractivity contribution in [3.63, 3.8) is 0 Å². The lowest BCUT2D eigenvalue weighted by molar-refractivity contribution is 0.289. The van der Waals surface area contributed by atoms with Crippen LogP contribution in [0, 0.1) is 6.92 Å². The first-order valence-electron chi connectivity index (χ1n) is 7.99. The predicted octanol–water partition coefficient (Wildman–Crippen LogP) is 4.94. The van der Waals surface area contributed by atoms with E-state index in [1.54, 1.807) is 0 Å². The number of imidazole rings is 1. The van der Waals surface area contributed by atoms with E-state index in [9.17, 15) is 0 Å². The predicted molar refractivity (Wildman–Crippen MR) is 98.9 cm³/mol. The molecule has 4 rings (SSSR count). The quantitative estimate of drug-likeness (QED) is 0.524. The van der Waals surface area contributed by atoms with Crippen LogP contribution in [0.1, 0.15) is 11.1 Å². The van der Waals surface area contributed by atoms with Gasteiger partial charge in [0.05, 0.1) is 11.9 Å². The molecule has 5 heteroatoms. The molecule has 0 aliphatic rings. The molecule has 0 saturated carbocycles. The molecule has 0 aliphatic carbocycles. The summed E-state index contributed by atoms with van der Waals surface area (Å²) >= 11 is 6.01. The number of aromatic nitrogens is 3. The zero-order valence-electron chi connectivity index (χ0n) is 13.7. The van der Waals surface area contributed by atoms with Crippen molar-refractivity contribution in [3.8, 4) is 17.1 Å². The number of hydrogen-bond acceptors (Lipinski definition) is 3. The van der Waals surface area contributed by atoms with Crippen molar-refractivity contribution < 1.29 is 4.74 Å². The van der Waals surface area contributed by atoms with E-state index in [0.29, 0.717) is 17.5 Å². The van der Waals surface area contributed by atoms with Gasteiger partial charge in [-0.05, 0) is 36.2 Å². The number of fused-ring (bicyclic) bond motifs is 1. The van der Waals surface area contributed by atoms with Gasteiger partial charge in [-0.25, -0.2) is 9.50 Å². The molecule has 124 valence electrons. The summed E-state index contributed by atoms with van der Waals surface area (Å²) in [7, 11) is 0. The van der Waals surface area contributed by atoms with Gasteiger partial charge in [-0.15, -0.1) is 5.10 Å². The fourth-order valence-corrected chi connectivity index (χ4v) is 2.97. The molecule has 0 amide bonds. The number of aryl methyl sites for hydroxylation is 1. The van der Waals surface area contributed by atoms with Crippen LogP contribution < -0.4 is 4.74 Å². The standard InChI is InChI=1S/C20H16ClN3O/c1-14-5-2-3-8-17(14)18-12-22-19-9-10-20(23-24(18)19)25-13-15-6-4-7-16(21)11-15/h2-12H,13H2,1H3. The van der Waals surface area contributed by atoms with Crippen LogP contribution in [0.3, 0.4) is 0 Å². The fraction of sp³-hybridized carbons (Fsp3) is 0.100. The molecule has 0 radical (unpaired) electrons. The second-order valence-corrected chi connectivity index (χ2v) is 6.25. The molecule has 4 nitrogen and oxygen atoms in total. The smallest absolute Gasteiger partial charge is 0.232 e. The Morgan fingerprint density at radius 1 is 1.04 bits per heavy atom. The molecule has 0 atom stereocenters. The highest BCUT2D eigenvalue weighted by Crippen LogP contribution is 2.24. The minimum absolute atomic E-state index is 0.410. The molecule has 2 aromatic carbocycles. The third-order valence-electron chi connectivity index (χ3n) is 4.03. The molecule has 0 unspecified atom stereocenters. The van der Waals surface area contributed by atoms with Gasteiger partial charge in [0.1, 0.15) is 6.61 Å². The third-order valence-corrected chi connectivity index (χ3v) is 4.27. The van der Waals surface area contributed by atoms with Crippen molar-refractivity contribution in [1.82, 2.24) is 14.6 Å². The Morgan fingerprint density at radius 3 is 2.76 bits per heavy atom. The SMILES string of the molecule is Cc1ccccc1-c1cnc2ccc(OCc3cccc(Cl)c3)nn12. The Labute approximate surface area is 150 Å². The first kappa shape index (κ1) is 15.7. The van der Waals surface area contributed by atoms with Crippen LogP contribution in [0.15, 0.2) is 66.9 Å². The fourth-order valence-electron chi connectivity index (χ4n) is 2.76. The molecule has 0 spiro atoms. The highest BCUT2D eigenvalue weighted by molar-refractivity contribution is 6.30. The van der Waals surface area contributed by atoms with Crippen LogP contribution in [-0.4, -0.2) is 14.6 Å². The normalized spacial score (nSPS) is 11.0. The number of rotatable bonds is 4. The van der Waals surface area contributed by atoms with Crippen molar-refractivity contribution in [2.75, 3.05) is 0 Å². The van der Waals surface area contributed by atoms with Gasteiger partial charge in [-0.2, -0.15) is 0 Å². The Hall–Kier alpha value is -2.85. The molecule has 0 aliphatic heterocycles. The van der Waals surface area contributed by atoms with Gasteiger partial charge in [0.15, 0.2) is 5.65 Å². The zero-order chi connectivity index (χ0) is 17.2. The Morgan fingerprint density at radius 2 is 1.92 bits per heavy atom. The molecule has 0 fully saturated rings. The van der Waals surface area contributed by atoms with Gasteiger partial charge in [0, 0.05) is 16.7 Å². The summed E-state index contributed by atoms with van der Waals surface area (Å²) in [4.78, 5) is 4.43. The molecule has 0 N–H and O–H groups in total. The van der Waals surface area contributed by atoms with Crippen molar-refractivity contribution in [2.24, 2.45) is 0 Å². The third kappa shape index (κ3) is 3.21. The summed E-state index contributed by atoms with van der Waals surface area (Å²) in [6.45, 7) is 2.49. The summed E-state index contributed by atoms with van der Waals surface area (Å²) in [5.74, 6) is 0.542. The number of halogens is 1. The second-order valence-electron chi connectivity index (χ2n) is 5.82. The van der Waals surface area contributed by atoms with Crippen LogP contribution in [0.4, 0.5) is 0 Å². The Kier molecular flexibility index (Phi) is 4.12. The van der Waals surface area contributed by atoms with E-state index in [0.717, 1.165) is 22.5 Å². The average molecular weight is 350 g/mol. The van der Waals surface area contributed by atoms with Crippen molar-refractivity contribution in [2.45, 2.75) is 13.5 Å². The van der Waals surface area contributed by atoms with E-state index in [4.69, 9.17) is 16.3 Å². The lowest BCUT2D eigenvalue weighted by Gasteiger charge is -2.08. The molecular formula is C20H16ClN3O. The molecule has 2 heterocycles. The van der Waals surface area contributed by atoms with Crippen LogP contribution >= 0.6 is 11.6 Å². The van der Waals surface area contributed by atoms with Crippen molar-refractivity contribution >= 4 is 17.2 Å². The Bertz CT molecular complexity index is 1040. The minimum atomic E-state index is 0.410. The summed E-state index contributed by atoms with van der Waals surface area (Å²) in [5, 5.41) is 5.28. The zero-order valence-corrected chi connectivity index (χ0v) is 14.4. The minimum Gasteiger partial charge on any atom is -0.472 e. The topological polar surface area (TPSA) is 39.4 Å². The summed E-state index contributed by atoms with van der Waals surface area (Å²) < 4.78 is 7.64. The van der Waals surface area contributed by atoms with E-state index in [1.807, 2.05) is 59.2 Å². The van der Waals surface area contributed by atoms with Gasteiger partial charge < -0.3 is 4.74 Å². The van der Waals surface area contributed by atoms with Gasteiger partial charge in [0.25, 0.3) is 0 Å². The molecule has 0 saturated heterocycles. The number of benzene rings is 2. The van der Waals surface area contributed by atoms with Crippen LogP contribution in [-0.2, 0) is 6.61 Å². The summed E-state index contributed by atoms with van der Waals surface area (Å²) in [6.07, 6.45) is 1.84. The van der Waals surface area contributed by atoms with E-state index >= 15 is 0 Å². The molecule has 0 bridgehead atoms. The Balaban J connectivity index is 1.65. The molecule has 4 aromatic rings. The largest absolute Gasteiger partial charge is 0.472 e. The number of nitrogens with zero attached hydrogens (tertiary/aromatic N) is 3. The average Bonchev–Trinajstić information content (AvgIpc) is 3.03. The summed E-state index contributed by atoms with van der Waals surface area (Å²) in [5.41, 5.74) is 5.01. The number of ether oxygens (including phenoxy) is 1. The van der Waals surface area contributed by atoms with Gasteiger partial charge in [-0.1, -0.05) is 48.0 Å². The van der Waals surface area contributed by atoms with E-state index in [1.165, 1.54) is 5.56 Å². The van der Waals surface area contributed by atoms with E-state index in [-0.39, 0.29) is 0 Å². The maximum absolute atomic E-state index is 6.01. The monoisotopic (exact) mass is 349 g/mol. The first-order chi connectivity index (χ1) is 12.2. The lowest BCUT2D eigenvalue weighted by atomic mass is 10.1. The van der Waals surface area contributed by atoms with Crippen molar-refractivity contribution in [1.29, 1.82) is 0 Å². The van der Waals surface area contributed by atoms with E-state index in [2.05, 4.69) is 29.1 Å². The van der Waals surface area contributed by atoms with Crippen LogP contribution in [0.5, 0.6) is 5.88 Å². The molecule has 25 heavy (non-hydrogen) atoms. The maximum atomic E-state index is 6.01. The highest BCUT2D eigenvalue weighted by atomic mass is 35.5. The van der Waals surface area contributed by atoms with Gasteiger partial charge >= 0.3 is 0 Å². The maximum Gasteiger partial charge on any atom is 0.232 e. The second kappa shape index (κ2) is 6.57. The van der Waals surface area contributed by atoms with Crippen molar-refractivity contribution in [3.05, 3.63) is 83.0 Å². The number of hydrogen-bond donors (Lipinski definition) is 0. The highest BCUT2D eigenvalue weighted by Gasteiger charge is 2.10. The van der Waals surface area contributed by atoms with Gasteiger partial charge in [0.2, 0.25) is 5.88 Å².